The van der Waals surface area contributed by atoms with Crippen LogP contribution in [0.3, 0.4) is 0 Å². The number of methoxy groups -OCH3 is 1. The summed E-state index contributed by atoms with van der Waals surface area (Å²) in [5.74, 6) is -2.26. The van der Waals surface area contributed by atoms with Crippen molar-refractivity contribution in [3.8, 4) is 5.75 Å². The van der Waals surface area contributed by atoms with E-state index < -0.39 is 40.3 Å². The summed E-state index contributed by atoms with van der Waals surface area (Å²) >= 11 is 0. The first-order chi connectivity index (χ1) is 18.1. The maximum absolute atomic E-state index is 15.1. The second-order valence-electron chi connectivity index (χ2n) is 9.89. The van der Waals surface area contributed by atoms with Gasteiger partial charge in [0.05, 0.1) is 19.8 Å². The molecule has 8 nitrogen and oxygen atoms in total. The van der Waals surface area contributed by atoms with Crippen molar-refractivity contribution in [3.63, 3.8) is 0 Å². The number of halogens is 2. The van der Waals surface area contributed by atoms with Crippen molar-refractivity contribution < 1.29 is 32.4 Å². The number of ether oxygens (including phenoxy) is 2. The van der Waals surface area contributed by atoms with E-state index >= 15 is 8.78 Å². The smallest absolute Gasteiger partial charge is 0.293 e. The molecule has 0 spiro atoms. The minimum atomic E-state index is -1.06. The molecule has 0 unspecified atom stereocenters. The molecule has 0 saturated carbocycles. The van der Waals surface area contributed by atoms with Gasteiger partial charge in [-0.05, 0) is 54.3 Å². The molecule has 0 saturated heterocycles. The second-order valence-corrected chi connectivity index (χ2v) is 9.89. The summed E-state index contributed by atoms with van der Waals surface area (Å²) in [5, 5.41) is 2.08. The molecule has 1 aliphatic rings. The van der Waals surface area contributed by atoms with Gasteiger partial charge in [-0.15, -0.1) is 0 Å². The fourth-order valence-electron chi connectivity index (χ4n) is 4.93. The number of rotatable bonds is 9. The lowest BCUT2D eigenvalue weighted by molar-refractivity contribution is -0.123. The number of carbonyl (C=O) groups excluding carboxylic acids is 2. The second kappa shape index (κ2) is 10.9. The zero-order valence-corrected chi connectivity index (χ0v) is 21.7. The summed E-state index contributed by atoms with van der Waals surface area (Å²) in [7, 11) is 1.53. The van der Waals surface area contributed by atoms with Crippen LogP contribution in [-0.4, -0.2) is 48.6 Å². The molecular weight excluding hydrogens is 498 g/mol. The highest BCUT2D eigenvalue weighted by Crippen LogP contribution is 2.35. The number of nitrogens with one attached hydrogen (secondary N) is 1. The number of carbonyl (C=O) groups is 2. The van der Waals surface area contributed by atoms with Gasteiger partial charge in [0, 0.05) is 30.6 Å². The zero-order chi connectivity index (χ0) is 27.6. The Morgan fingerprint density at radius 3 is 2.47 bits per heavy atom. The average Bonchev–Trinajstić information content (AvgIpc) is 3.31. The van der Waals surface area contributed by atoms with Crippen molar-refractivity contribution >= 4 is 11.7 Å². The predicted molar refractivity (Wildman–Crippen MR) is 134 cm³/mol. The number of benzene rings is 2. The van der Waals surface area contributed by atoms with Crippen LogP contribution >= 0.6 is 0 Å². The molecule has 0 aliphatic carbocycles. The molecule has 2 heterocycles. The van der Waals surface area contributed by atoms with Gasteiger partial charge in [0.25, 0.3) is 11.5 Å². The van der Waals surface area contributed by atoms with E-state index in [9.17, 15) is 14.4 Å². The molecule has 202 valence electrons. The van der Waals surface area contributed by atoms with Gasteiger partial charge >= 0.3 is 0 Å². The molecule has 0 fully saturated rings. The fraction of sp³-hybridized carbons (Fsp3) is 0.393. The minimum Gasteiger partial charge on any atom is -0.497 e. The van der Waals surface area contributed by atoms with Crippen molar-refractivity contribution in [1.82, 2.24) is 10.1 Å². The third kappa shape index (κ3) is 5.40. The zero-order valence-electron chi connectivity index (χ0n) is 21.7. The largest absolute Gasteiger partial charge is 0.497 e. The SMILES string of the molecule is CCOCC(C)(C)c1c(F)cc(CC(=O)[C@H]2c3ccc(OC)cc3CCN2C(=O)c2cc(=O)[nH]o2)cc1F. The van der Waals surface area contributed by atoms with Crippen LogP contribution in [-0.2, 0) is 27.8 Å². The first kappa shape index (κ1) is 27.3. The molecular formula is C28H30F2N2O6. The molecule has 0 radical (unpaired) electrons. The summed E-state index contributed by atoms with van der Waals surface area (Å²) in [5.41, 5.74) is -0.0932. The van der Waals surface area contributed by atoms with Crippen LogP contribution < -0.4 is 10.3 Å². The average molecular weight is 529 g/mol. The van der Waals surface area contributed by atoms with E-state index in [-0.39, 0.29) is 36.5 Å². The van der Waals surface area contributed by atoms with Crippen molar-refractivity contribution in [3.05, 3.63) is 86.4 Å². The van der Waals surface area contributed by atoms with Crippen molar-refractivity contribution in [2.24, 2.45) is 0 Å². The molecule has 1 amide bonds. The Morgan fingerprint density at radius 1 is 1.16 bits per heavy atom. The van der Waals surface area contributed by atoms with E-state index in [1.807, 2.05) is 0 Å². The summed E-state index contributed by atoms with van der Waals surface area (Å²) < 4.78 is 46.0. The van der Waals surface area contributed by atoms with Gasteiger partial charge in [0.15, 0.2) is 5.78 Å². The summed E-state index contributed by atoms with van der Waals surface area (Å²) in [4.78, 5) is 39.8. The molecule has 38 heavy (non-hydrogen) atoms. The lowest BCUT2D eigenvalue weighted by Crippen LogP contribution is -2.44. The quantitative estimate of drug-likeness (QED) is 0.448. The summed E-state index contributed by atoms with van der Waals surface area (Å²) in [6.45, 7) is 5.88. The first-order valence-corrected chi connectivity index (χ1v) is 12.3. The molecule has 4 rings (SSSR count). The third-order valence-electron chi connectivity index (χ3n) is 6.70. The van der Waals surface area contributed by atoms with Crippen molar-refractivity contribution in [2.45, 2.75) is 45.1 Å². The van der Waals surface area contributed by atoms with E-state index in [1.165, 1.54) is 12.0 Å². The van der Waals surface area contributed by atoms with E-state index in [0.29, 0.717) is 24.3 Å². The summed E-state index contributed by atoms with van der Waals surface area (Å²) in [6.07, 6.45) is 0.112. The van der Waals surface area contributed by atoms with Crippen LogP contribution in [0.4, 0.5) is 8.78 Å². The number of hydrogen-bond donors (Lipinski definition) is 1. The molecule has 1 N–H and O–H groups in total. The van der Waals surface area contributed by atoms with Gasteiger partial charge < -0.3 is 18.9 Å². The molecule has 3 aromatic rings. The van der Waals surface area contributed by atoms with Gasteiger partial charge in [0.2, 0.25) is 5.76 Å². The highest BCUT2D eigenvalue weighted by molar-refractivity contribution is 5.97. The van der Waals surface area contributed by atoms with Crippen molar-refractivity contribution in [1.29, 1.82) is 0 Å². The Bertz CT molecular complexity index is 1390. The Hall–Kier alpha value is -3.79. The molecule has 2 aromatic carbocycles. The number of hydrogen-bond acceptors (Lipinski definition) is 6. The van der Waals surface area contributed by atoms with E-state index in [1.54, 1.807) is 39.0 Å². The van der Waals surface area contributed by atoms with Gasteiger partial charge in [-0.2, -0.15) is 5.16 Å². The standard InChI is InChI=1S/C28H30F2N2O6/c1-5-37-15-28(2,3)25-20(29)10-16(11-21(25)30)12-22(33)26-19-7-6-18(36-4)13-17(19)8-9-32(26)27(35)23-14-24(34)31-38-23/h6-7,10-11,13-14,26H,5,8-9,12,15H2,1-4H3,(H,31,34)/t26-/m1/s1. The molecule has 0 bridgehead atoms. The molecule has 1 aliphatic heterocycles. The monoisotopic (exact) mass is 528 g/mol. The van der Waals surface area contributed by atoms with Gasteiger partial charge in [0.1, 0.15) is 23.4 Å². The van der Waals surface area contributed by atoms with Crippen LogP contribution in [0.2, 0.25) is 0 Å². The van der Waals surface area contributed by atoms with Crippen LogP contribution in [0.5, 0.6) is 5.75 Å². The molecule has 1 aromatic heterocycles. The normalized spacial score (nSPS) is 15.3. The fourth-order valence-corrected chi connectivity index (χ4v) is 4.93. The lowest BCUT2D eigenvalue weighted by Gasteiger charge is -2.36. The number of ketones is 1. The van der Waals surface area contributed by atoms with Crippen LogP contribution in [0, 0.1) is 11.6 Å². The number of fused-ring (bicyclic) bond motifs is 1. The first-order valence-electron chi connectivity index (χ1n) is 12.3. The maximum atomic E-state index is 15.1. The Balaban J connectivity index is 1.68. The number of amides is 1. The maximum Gasteiger partial charge on any atom is 0.293 e. The number of aromatic nitrogens is 1. The molecule has 10 heteroatoms. The third-order valence-corrected chi connectivity index (χ3v) is 6.70. The summed E-state index contributed by atoms with van der Waals surface area (Å²) in [6, 6.07) is 7.43. The van der Waals surface area contributed by atoms with Crippen LogP contribution in [0.1, 0.15) is 59.6 Å². The number of nitrogens with zero attached hydrogens (tertiary/aromatic N) is 1. The lowest BCUT2D eigenvalue weighted by atomic mass is 9.83. The van der Waals surface area contributed by atoms with E-state index in [2.05, 4.69) is 5.16 Å². The highest BCUT2D eigenvalue weighted by Gasteiger charge is 2.38. The number of aromatic amines is 1. The van der Waals surface area contributed by atoms with Gasteiger partial charge in [-0.25, -0.2) is 8.78 Å². The van der Waals surface area contributed by atoms with Gasteiger partial charge in [-0.1, -0.05) is 19.9 Å². The van der Waals surface area contributed by atoms with E-state index in [0.717, 1.165) is 23.8 Å². The van der Waals surface area contributed by atoms with Crippen molar-refractivity contribution in [2.75, 3.05) is 26.9 Å². The topological polar surface area (TPSA) is 102 Å². The minimum absolute atomic E-state index is 0.114. The number of H-pyrrole nitrogens is 1. The van der Waals surface area contributed by atoms with Crippen LogP contribution in [0.15, 0.2) is 45.7 Å². The Kier molecular flexibility index (Phi) is 7.82. The Labute approximate surface area is 218 Å². The van der Waals surface area contributed by atoms with Crippen LogP contribution in [0.25, 0.3) is 0 Å². The Morgan fingerprint density at radius 2 is 1.87 bits per heavy atom. The van der Waals surface area contributed by atoms with Gasteiger partial charge in [-0.3, -0.25) is 14.4 Å². The molecule has 1 atom stereocenters. The number of Topliss-reactive ketones (excluding diaryl/α,β-unsaturated/α-hetero) is 1. The van der Waals surface area contributed by atoms with E-state index in [4.69, 9.17) is 14.0 Å². The predicted octanol–water partition coefficient (Wildman–Crippen LogP) is 4.12. The highest BCUT2D eigenvalue weighted by atomic mass is 19.1.